The molecule has 1 N–H and O–H groups in total. The molecule has 1 atom stereocenters. The van der Waals surface area contributed by atoms with Crippen molar-refractivity contribution >= 4 is 22.6 Å². The van der Waals surface area contributed by atoms with Crippen LogP contribution in [0.15, 0.2) is 0 Å². The van der Waals surface area contributed by atoms with Gasteiger partial charge in [-0.3, -0.25) is 0 Å². The summed E-state index contributed by atoms with van der Waals surface area (Å²) in [4.78, 5) is 0. The Balaban J connectivity index is 2.95. The smallest absolute Gasteiger partial charge is 0.0441 e. The number of aliphatic hydroxyl groups is 1. The Morgan fingerprint density at radius 1 is 1.44 bits per heavy atom. The summed E-state index contributed by atoms with van der Waals surface area (Å²) in [7, 11) is 0. The summed E-state index contributed by atoms with van der Waals surface area (Å²) in [5.41, 5.74) is 0. The van der Waals surface area contributed by atoms with Crippen LogP contribution in [0.5, 0.6) is 0 Å². The second-order valence-electron chi connectivity index (χ2n) is 2.25. The van der Waals surface area contributed by atoms with Crippen molar-refractivity contribution in [3.05, 3.63) is 0 Å². The molecule has 0 saturated heterocycles. The van der Waals surface area contributed by atoms with E-state index in [-0.39, 0.29) is 0 Å². The molecular weight excluding hydrogens is 227 g/mol. The van der Waals surface area contributed by atoms with Gasteiger partial charge >= 0.3 is 0 Å². The standard InChI is InChI=1S/C7H15IO/c1-2-3-4-7(8)5-6-9/h7,9H,2-6H2,1H3. The first-order valence-corrected chi connectivity index (χ1v) is 4.80. The van der Waals surface area contributed by atoms with Crippen molar-refractivity contribution in [2.75, 3.05) is 6.61 Å². The van der Waals surface area contributed by atoms with E-state index in [9.17, 15) is 0 Å². The summed E-state index contributed by atoms with van der Waals surface area (Å²) in [6.45, 7) is 2.54. The zero-order valence-corrected chi connectivity index (χ0v) is 8.10. The molecule has 1 unspecified atom stereocenters. The summed E-state index contributed by atoms with van der Waals surface area (Å²) in [5, 5.41) is 8.53. The van der Waals surface area contributed by atoms with E-state index in [1.54, 1.807) is 0 Å². The molecule has 1 nitrogen and oxygen atoms in total. The van der Waals surface area contributed by atoms with Crippen LogP contribution in [-0.4, -0.2) is 15.6 Å². The molecule has 0 heterocycles. The van der Waals surface area contributed by atoms with Crippen LogP contribution < -0.4 is 0 Å². The first-order chi connectivity index (χ1) is 4.31. The van der Waals surface area contributed by atoms with Crippen molar-refractivity contribution in [1.82, 2.24) is 0 Å². The Bertz CT molecular complexity index is 56.9. The van der Waals surface area contributed by atoms with E-state index >= 15 is 0 Å². The Kier molecular flexibility index (Phi) is 7.33. The molecule has 0 spiro atoms. The van der Waals surface area contributed by atoms with Gasteiger partial charge in [-0.1, -0.05) is 42.4 Å². The first-order valence-electron chi connectivity index (χ1n) is 3.56. The second kappa shape index (κ2) is 6.81. The Hall–Kier alpha value is 0.690. The number of halogens is 1. The summed E-state index contributed by atoms with van der Waals surface area (Å²) in [6.07, 6.45) is 4.79. The molecule has 0 aromatic heterocycles. The van der Waals surface area contributed by atoms with Crippen LogP contribution in [0.1, 0.15) is 32.6 Å². The lowest BCUT2D eigenvalue weighted by Crippen LogP contribution is -1.99. The molecule has 0 saturated carbocycles. The SMILES string of the molecule is CCCCC(I)CCO. The van der Waals surface area contributed by atoms with Gasteiger partial charge in [-0.15, -0.1) is 0 Å². The highest BCUT2D eigenvalue weighted by Crippen LogP contribution is 2.13. The molecule has 0 aliphatic rings. The van der Waals surface area contributed by atoms with Crippen molar-refractivity contribution < 1.29 is 5.11 Å². The lowest BCUT2D eigenvalue weighted by Gasteiger charge is -2.04. The summed E-state index contributed by atoms with van der Waals surface area (Å²) < 4.78 is 0.688. The van der Waals surface area contributed by atoms with Gasteiger partial charge in [-0.2, -0.15) is 0 Å². The monoisotopic (exact) mass is 242 g/mol. The fourth-order valence-electron chi connectivity index (χ4n) is 0.710. The maximum atomic E-state index is 8.53. The molecule has 0 rings (SSSR count). The Morgan fingerprint density at radius 2 is 2.11 bits per heavy atom. The van der Waals surface area contributed by atoms with Crippen LogP contribution in [-0.2, 0) is 0 Å². The second-order valence-corrected chi connectivity index (χ2v) is 4.01. The van der Waals surface area contributed by atoms with E-state index in [0.717, 1.165) is 6.42 Å². The molecular formula is C7H15IO. The quantitative estimate of drug-likeness (QED) is 0.579. The van der Waals surface area contributed by atoms with Crippen LogP contribution in [0.4, 0.5) is 0 Å². The topological polar surface area (TPSA) is 20.2 Å². The molecule has 0 radical (unpaired) electrons. The van der Waals surface area contributed by atoms with Crippen LogP contribution in [0, 0.1) is 0 Å². The molecule has 0 aromatic carbocycles. The highest BCUT2D eigenvalue weighted by Gasteiger charge is 2.00. The number of rotatable bonds is 5. The van der Waals surface area contributed by atoms with Gasteiger partial charge in [0, 0.05) is 10.5 Å². The van der Waals surface area contributed by atoms with Crippen LogP contribution in [0.25, 0.3) is 0 Å². The third-order valence-corrected chi connectivity index (χ3v) is 2.56. The largest absolute Gasteiger partial charge is 0.396 e. The Labute approximate surface area is 71.0 Å². The predicted octanol–water partition coefficient (Wildman–Crippen LogP) is 2.36. The van der Waals surface area contributed by atoms with E-state index in [1.165, 1.54) is 19.3 Å². The van der Waals surface area contributed by atoms with Gasteiger partial charge in [-0.25, -0.2) is 0 Å². The Morgan fingerprint density at radius 3 is 2.56 bits per heavy atom. The van der Waals surface area contributed by atoms with Crippen LogP contribution >= 0.6 is 22.6 Å². The van der Waals surface area contributed by atoms with Gasteiger partial charge in [0.15, 0.2) is 0 Å². The minimum Gasteiger partial charge on any atom is -0.396 e. The number of aliphatic hydroxyl groups excluding tert-OH is 1. The predicted molar refractivity (Wildman–Crippen MR) is 49.0 cm³/mol. The van der Waals surface area contributed by atoms with Crippen LogP contribution in [0.3, 0.4) is 0 Å². The molecule has 0 bridgehead atoms. The van der Waals surface area contributed by atoms with Gasteiger partial charge < -0.3 is 5.11 Å². The van der Waals surface area contributed by atoms with Crippen molar-refractivity contribution in [3.8, 4) is 0 Å². The van der Waals surface area contributed by atoms with Gasteiger partial charge in [0.25, 0.3) is 0 Å². The van der Waals surface area contributed by atoms with Crippen molar-refractivity contribution in [3.63, 3.8) is 0 Å². The molecule has 0 aliphatic heterocycles. The third-order valence-electron chi connectivity index (χ3n) is 1.31. The van der Waals surface area contributed by atoms with Gasteiger partial charge in [0.2, 0.25) is 0 Å². The highest BCUT2D eigenvalue weighted by molar-refractivity contribution is 14.1. The average Bonchev–Trinajstić information content (AvgIpc) is 1.85. The molecule has 9 heavy (non-hydrogen) atoms. The zero-order chi connectivity index (χ0) is 7.11. The summed E-state index contributed by atoms with van der Waals surface area (Å²) >= 11 is 2.40. The molecule has 0 fully saturated rings. The van der Waals surface area contributed by atoms with Crippen molar-refractivity contribution in [1.29, 1.82) is 0 Å². The van der Waals surface area contributed by atoms with E-state index in [4.69, 9.17) is 5.11 Å². The number of alkyl halides is 1. The van der Waals surface area contributed by atoms with E-state index in [1.807, 2.05) is 0 Å². The maximum Gasteiger partial charge on any atom is 0.0441 e. The fourth-order valence-corrected chi connectivity index (χ4v) is 1.43. The van der Waals surface area contributed by atoms with E-state index < -0.39 is 0 Å². The van der Waals surface area contributed by atoms with Gasteiger partial charge in [0.05, 0.1) is 0 Å². The minimum atomic E-state index is 0.345. The highest BCUT2D eigenvalue weighted by atomic mass is 127. The molecule has 0 amide bonds. The summed E-state index contributed by atoms with van der Waals surface area (Å²) in [5.74, 6) is 0. The minimum absolute atomic E-state index is 0.345. The normalized spacial score (nSPS) is 13.7. The van der Waals surface area contributed by atoms with Crippen molar-refractivity contribution in [2.24, 2.45) is 0 Å². The lowest BCUT2D eigenvalue weighted by atomic mass is 10.2. The lowest BCUT2D eigenvalue weighted by molar-refractivity contribution is 0.286. The molecule has 0 aromatic rings. The van der Waals surface area contributed by atoms with Gasteiger partial charge in [-0.05, 0) is 12.8 Å². The summed E-state index contributed by atoms with van der Waals surface area (Å²) in [6, 6.07) is 0. The number of hydrogen-bond acceptors (Lipinski definition) is 1. The molecule has 0 aliphatic carbocycles. The van der Waals surface area contributed by atoms with Crippen LogP contribution in [0.2, 0.25) is 0 Å². The van der Waals surface area contributed by atoms with E-state index in [2.05, 4.69) is 29.5 Å². The average molecular weight is 242 g/mol. The van der Waals surface area contributed by atoms with Gasteiger partial charge in [0.1, 0.15) is 0 Å². The maximum absolute atomic E-state index is 8.53. The molecule has 56 valence electrons. The first kappa shape index (κ1) is 9.69. The molecule has 2 heteroatoms. The third kappa shape index (κ3) is 6.58. The zero-order valence-electron chi connectivity index (χ0n) is 5.94. The number of hydrogen-bond donors (Lipinski definition) is 1. The number of unbranched alkanes of at least 4 members (excludes halogenated alkanes) is 1. The van der Waals surface area contributed by atoms with Crippen molar-refractivity contribution in [2.45, 2.75) is 36.5 Å². The van der Waals surface area contributed by atoms with E-state index in [0.29, 0.717) is 10.5 Å². The fraction of sp³-hybridized carbons (Fsp3) is 1.00.